The summed E-state index contributed by atoms with van der Waals surface area (Å²) in [4.78, 5) is 2.34. The summed E-state index contributed by atoms with van der Waals surface area (Å²) in [5.41, 5.74) is 4.48. The maximum absolute atomic E-state index is 9.14. The fraction of sp³-hybridized carbons (Fsp3) is 0.333. The van der Waals surface area contributed by atoms with Gasteiger partial charge in [-0.15, -0.1) is 0 Å². The topological polar surface area (TPSA) is 35.5 Å². The minimum Gasteiger partial charge on any atom is -0.392 e. The summed E-state index contributed by atoms with van der Waals surface area (Å²) in [7, 11) is 0. The second kappa shape index (κ2) is 7.70. The monoisotopic (exact) mass is 284 g/mol. The molecule has 0 bridgehead atoms. The molecular formula is C18H24N2O. The molecule has 3 heteroatoms. The summed E-state index contributed by atoms with van der Waals surface area (Å²) < 4.78 is 0. The Hall–Kier alpha value is -2.00. The summed E-state index contributed by atoms with van der Waals surface area (Å²) in [5.74, 6) is 0. The molecule has 0 heterocycles. The first-order chi connectivity index (χ1) is 10.3. The van der Waals surface area contributed by atoms with E-state index in [1.807, 2.05) is 24.3 Å². The number of aliphatic hydroxyl groups is 1. The van der Waals surface area contributed by atoms with E-state index in [0.717, 1.165) is 30.9 Å². The molecule has 0 aromatic heterocycles. The third-order valence-electron chi connectivity index (χ3n) is 3.67. The van der Waals surface area contributed by atoms with Crippen molar-refractivity contribution in [3.05, 3.63) is 59.7 Å². The molecule has 2 rings (SSSR count). The average Bonchev–Trinajstić information content (AvgIpc) is 2.55. The molecule has 0 fully saturated rings. The molecule has 2 aromatic carbocycles. The van der Waals surface area contributed by atoms with E-state index in [1.165, 1.54) is 11.3 Å². The number of anilines is 2. The zero-order valence-electron chi connectivity index (χ0n) is 12.8. The molecular weight excluding hydrogens is 260 g/mol. The van der Waals surface area contributed by atoms with Crippen LogP contribution >= 0.6 is 0 Å². The number of nitrogens with zero attached hydrogens (tertiary/aromatic N) is 1. The van der Waals surface area contributed by atoms with Gasteiger partial charge in [0.15, 0.2) is 0 Å². The van der Waals surface area contributed by atoms with Crippen LogP contribution < -0.4 is 10.2 Å². The molecule has 2 N–H and O–H groups in total. The van der Waals surface area contributed by atoms with Gasteiger partial charge in [0.25, 0.3) is 0 Å². The van der Waals surface area contributed by atoms with Crippen molar-refractivity contribution in [3.63, 3.8) is 0 Å². The van der Waals surface area contributed by atoms with E-state index in [0.29, 0.717) is 0 Å². The number of hydrogen-bond acceptors (Lipinski definition) is 3. The van der Waals surface area contributed by atoms with Crippen molar-refractivity contribution in [2.24, 2.45) is 0 Å². The lowest BCUT2D eigenvalue weighted by Crippen LogP contribution is -2.21. The predicted octanol–water partition coefficient (Wildman–Crippen LogP) is 3.64. The van der Waals surface area contributed by atoms with Crippen LogP contribution in [0.5, 0.6) is 0 Å². The highest BCUT2D eigenvalue weighted by Crippen LogP contribution is 2.16. The van der Waals surface area contributed by atoms with Gasteiger partial charge in [0, 0.05) is 31.0 Å². The lowest BCUT2D eigenvalue weighted by atomic mass is 10.1. The molecule has 2 aromatic rings. The number of aliphatic hydroxyl groups excluding tert-OH is 1. The molecule has 0 spiro atoms. The Labute approximate surface area is 127 Å². The first-order valence-electron chi connectivity index (χ1n) is 7.54. The van der Waals surface area contributed by atoms with E-state index in [1.54, 1.807) is 0 Å². The van der Waals surface area contributed by atoms with Gasteiger partial charge in [0.2, 0.25) is 0 Å². The quantitative estimate of drug-likeness (QED) is 0.815. The fourth-order valence-electron chi connectivity index (χ4n) is 2.40. The molecule has 0 unspecified atom stereocenters. The summed E-state index contributed by atoms with van der Waals surface area (Å²) >= 11 is 0. The van der Waals surface area contributed by atoms with Crippen LogP contribution in [0.2, 0.25) is 0 Å². The lowest BCUT2D eigenvalue weighted by molar-refractivity contribution is 0.282. The van der Waals surface area contributed by atoms with Crippen LogP contribution in [-0.2, 0) is 13.2 Å². The normalized spacial score (nSPS) is 10.4. The molecule has 0 aliphatic carbocycles. The molecule has 0 radical (unpaired) electrons. The Kier molecular flexibility index (Phi) is 5.64. The molecule has 21 heavy (non-hydrogen) atoms. The van der Waals surface area contributed by atoms with Crippen molar-refractivity contribution < 1.29 is 5.11 Å². The van der Waals surface area contributed by atoms with Crippen LogP contribution in [0.1, 0.15) is 25.0 Å². The number of nitrogens with one attached hydrogen (secondary N) is 1. The van der Waals surface area contributed by atoms with E-state index in [4.69, 9.17) is 5.11 Å². The summed E-state index contributed by atoms with van der Waals surface area (Å²) in [6.45, 7) is 7.27. The Morgan fingerprint density at radius 2 is 1.67 bits per heavy atom. The van der Waals surface area contributed by atoms with Crippen LogP contribution in [0, 0.1) is 0 Å². The van der Waals surface area contributed by atoms with Crippen molar-refractivity contribution in [1.29, 1.82) is 0 Å². The maximum Gasteiger partial charge on any atom is 0.0682 e. The Bertz CT molecular complexity index is 547. The summed E-state index contributed by atoms with van der Waals surface area (Å²) in [6.07, 6.45) is 0. The van der Waals surface area contributed by atoms with Crippen LogP contribution in [0.25, 0.3) is 0 Å². The van der Waals surface area contributed by atoms with Gasteiger partial charge in [-0.25, -0.2) is 0 Å². The Morgan fingerprint density at radius 3 is 2.29 bits per heavy atom. The minimum absolute atomic E-state index is 0.0775. The Morgan fingerprint density at radius 1 is 0.952 bits per heavy atom. The highest BCUT2D eigenvalue weighted by Gasteiger charge is 2.01. The van der Waals surface area contributed by atoms with E-state index >= 15 is 0 Å². The molecule has 0 amide bonds. The first kappa shape index (κ1) is 15.4. The second-order valence-corrected chi connectivity index (χ2v) is 5.05. The zero-order chi connectivity index (χ0) is 15.1. The van der Waals surface area contributed by atoms with Crippen LogP contribution in [0.15, 0.2) is 48.5 Å². The van der Waals surface area contributed by atoms with Crippen molar-refractivity contribution in [1.82, 2.24) is 0 Å². The molecule has 112 valence electrons. The third-order valence-corrected chi connectivity index (χ3v) is 3.67. The molecule has 0 atom stereocenters. The number of benzene rings is 2. The van der Waals surface area contributed by atoms with Gasteiger partial charge in [-0.2, -0.15) is 0 Å². The van der Waals surface area contributed by atoms with Crippen molar-refractivity contribution in [3.8, 4) is 0 Å². The van der Waals surface area contributed by atoms with Gasteiger partial charge in [-0.1, -0.05) is 24.3 Å². The van der Waals surface area contributed by atoms with Gasteiger partial charge in [0.05, 0.1) is 6.61 Å². The Balaban J connectivity index is 1.97. The van der Waals surface area contributed by atoms with E-state index in [-0.39, 0.29) is 6.61 Å². The van der Waals surface area contributed by atoms with Gasteiger partial charge in [0.1, 0.15) is 0 Å². The van der Waals surface area contributed by atoms with Crippen molar-refractivity contribution in [2.45, 2.75) is 27.0 Å². The molecule has 0 aliphatic rings. The maximum atomic E-state index is 9.14. The highest BCUT2D eigenvalue weighted by molar-refractivity contribution is 5.49. The lowest BCUT2D eigenvalue weighted by Gasteiger charge is -2.21. The zero-order valence-corrected chi connectivity index (χ0v) is 12.8. The van der Waals surface area contributed by atoms with Crippen LogP contribution in [0.3, 0.4) is 0 Å². The fourth-order valence-corrected chi connectivity index (χ4v) is 2.40. The smallest absolute Gasteiger partial charge is 0.0682 e. The highest BCUT2D eigenvalue weighted by atomic mass is 16.3. The second-order valence-electron chi connectivity index (χ2n) is 5.05. The third kappa shape index (κ3) is 4.23. The van der Waals surface area contributed by atoms with Gasteiger partial charge < -0.3 is 15.3 Å². The largest absolute Gasteiger partial charge is 0.392 e. The summed E-state index contributed by atoms with van der Waals surface area (Å²) in [5, 5.41) is 12.5. The van der Waals surface area contributed by atoms with E-state index in [2.05, 4.69) is 48.3 Å². The van der Waals surface area contributed by atoms with Gasteiger partial charge in [-0.3, -0.25) is 0 Å². The van der Waals surface area contributed by atoms with Crippen molar-refractivity contribution in [2.75, 3.05) is 23.3 Å². The molecule has 0 saturated carbocycles. The predicted molar refractivity (Wildman–Crippen MR) is 89.7 cm³/mol. The van der Waals surface area contributed by atoms with E-state index in [9.17, 15) is 0 Å². The minimum atomic E-state index is 0.0775. The number of rotatable bonds is 7. The van der Waals surface area contributed by atoms with E-state index < -0.39 is 0 Å². The van der Waals surface area contributed by atoms with Gasteiger partial charge in [-0.05, 0) is 49.2 Å². The molecule has 0 aliphatic heterocycles. The standard InChI is InChI=1S/C18H24N2O/c1-3-20(4-2)18-10-8-15(9-11-18)13-19-17-7-5-6-16(12-17)14-21/h5-12,19,21H,3-4,13-14H2,1-2H3. The summed E-state index contributed by atoms with van der Waals surface area (Å²) in [6, 6.07) is 16.5. The van der Waals surface area contributed by atoms with Crippen LogP contribution in [0.4, 0.5) is 11.4 Å². The van der Waals surface area contributed by atoms with Crippen molar-refractivity contribution >= 4 is 11.4 Å². The average molecular weight is 284 g/mol. The SMILES string of the molecule is CCN(CC)c1ccc(CNc2cccc(CO)c2)cc1. The molecule has 3 nitrogen and oxygen atoms in total. The first-order valence-corrected chi connectivity index (χ1v) is 7.54. The molecule has 0 saturated heterocycles. The van der Waals surface area contributed by atoms with Crippen LogP contribution in [-0.4, -0.2) is 18.2 Å². The number of hydrogen-bond donors (Lipinski definition) is 2. The van der Waals surface area contributed by atoms with Gasteiger partial charge >= 0.3 is 0 Å².